The Kier molecular flexibility index (Phi) is 4.45. The summed E-state index contributed by atoms with van der Waals surface area (Å²) in [6, 6.07) is 0. The number of aliphatic carboxylic acids is 1. The summed E-state index contributed by atoms with van der Waals surface area (Å²) in [7, 11) is 0. The van der Waals surface area contributed by atoms with Crippen molar-refractivity contribution in [2.24, 2.45) is 0 Å². The van der Waals surface area contributed by atoms with Gasteiger partial charge < -0.3 is 14.7 Å². The molecule has 2 aliphatic rings. The van der Waals surface area contributed by atoms with Crippen molar-refractivity contribution in [3.05, 3.63) is 0 Å². The Bertz CT molecular complexity index is 351. The van der Waals surface area contributed by atoms with Crippen molar-refractivity contribution in [1.82, 2.24) is 4.90 Å². The predicted octanol–water partition coefficient (Wildman–Crippen LogP) is 1.80. The van der Waals surface area contributed by atoms with Gasteiger partial charge >= 0.3 is 5.97 Å². The molecule has 2 atom stereocenters. The van der Waals surface area contributed by atoms with Crippen molar-refractivity contribution >= 4 is 11.9 Å². The largest absolute Gasteiger partial charge is 0.480 e. The molecule has 1 N–H and O–H groups in total. The lowest BCUT2D eigenvalue weighted by Crippen LogP contribution is -2.58. The Labute approximate surface area is 113 Å². The number of hydrogen-bond donors (Lipinski definition) is 1. The highest BCUT2D eigenvalue weighted by Gasteiger charge is 2.44. The smallest absolute Gasteiger partial charge is 0.329 e. The molecule has 5 heteroatoms. The van der Waals surface area contributed by atoms with Gasteiger partial charge in [0.2, 0.25) is 5.91 Å². The van der Waals surface area contributed by atoms with Gasteiger partial charge in [-0.1, -0.05) is 0 Å². The summed E-state index contributed by atoms with van der Waals surface area (Å²) < 4.78 is 5.57. The lowest BCUT2D eigenvalue weighted by Gasteiger charge is -2.42. The fraction of sp³-hybridized carbons (Fsp3) is 0.857. The van der Waals surface area contributed by atoms with Crippen LogP contribution < -0.4 is 0 Å². The van der Waals surface area contributed by atoms with Crippen LogP contribution >= 0.6 is 0 Å². The Balaban J connectivity index is 2.01. The summed E-state index contributed by atoms with van der Waals surface area (Å²) in [6.07, 6.45) is 5.65. The molecule has 2 heterocycles. The fourth-order valence-corrected chi connectivity index (χ4v) is 3.02. The summed E-state index contributed by atoms with van der Waals surface area (Å²) in [6.45, 7) is 2.93. The SMILES string of the molecule is CC1(C(=O)O)CCCCN1C(=O)CC1CCCCO1. The number of amides is 1. The Morgan fingerprint density at radius 1 is 1.32 bits per heavy atom. The van der Waals surface area contributed by atoms with Crippen LogP contribution in [-0.2, 0) is 14.3 Å². The van der Waals surface area contributed by atoms with Crippen LogP contribution in [-0.4, -0.2) is 46.7 Å². The van der Waals surface area contributed by atoms with E-state index >= 15 is 0 Å². The number of likely N-dealkylation sites (tertiary alicyclic amines) is 1. The molecule has 2 rings (SSSR count). The topological polar surface area (TPSA) is 66.8 Å². The standard InChI is InChI=1S/C14H23NO4/c1-14(13(17)18)7-3-4-8-15(14)12(16)10-11-6-2-5-9-19-11/h11H,2-10H2,1H3,(H,17,18). The molecule has 0 aromatic heterocycles. The molecule has 0 saturated carbocycles. The van der Waals surface area contributed by atoms with Gasteiger partial charge in [0.25, 0.3) is 0 Å². The molecule has 0 bridgehead atoms. The average Bonchev–Trinajstić information content (AvgIpc) is 2.40. The van der Waals surface area contributed by atoms with Crippen molar-refractivity contribution in [1.29, 1.82) is 0 Å². The van der Waals surface area contributed by atoms with Gasteiger partial charge in [0, 0.05) is 13.2 Å². The van der Waals surface area contributed by atoms with Gasteiger partial charge in [-0.2, -0.15) is 0 Å². The number of ether oxygens (including phenoxy) is 1. The van der Waals surface area contributed by atoms with Gasteiger partial charge in [-0.05, 0) is 45.4 Å². The Morgan fingerprint density at radius 3 is 2.74 bits per heavy atom. The van der Waals surface area contributed by atoms with Gasteiger partial charge in [0.15, 0.2) is 0 Å². The number of carboxylic acid groups (broad SMARTS) is 1. The number of piperidine rings is 1. The van der Waals surface area contributed by atoms with E-state index in [2.05, 4.69) is 0 Å². The zero-order valence-electron chi connectivity index (χ0n) is 11.6. The second-order valence-corrected chi connectivity index (χ2v) is 5.77. The molecule has 0 aromatic carbocycles. The zero-order chi connectivity index (χ0) is 13.9. The van der Waals surface area contributed by atoms with Crippen LogP contribution in [0.2, 0.25) is 0 Å². The first-order valence-electron chi connectivity index (χ1n) is 7.19. The molecule has 0 aromatic rings. The summed E-state index contributed by atoms with van der Waals surface area (Å²) in [4.78, 5) is 25.4. The van der Waals surface area contributed by atoms with Gasteiger partial charge in [-0.25, -0.2) is 4.79 Å². The molecular formula is C14H23NO4. The van der Waals surface area contributed by atoms with E-state index in [1.807, 2.05) is 0 Å². The van der Waals surface area contributed by atoms with Crippen LogP contribution in [0.15, 0.2) is 0 Å². The predicted molar refractivity (Wildman–Crippen MR) is 69.8 cm³/mol. The third kappa shape index (κ3) is 3.08. The quantitative estimate of drug-likeness (QED) is 0.848. The van der Waals surface area contributed by atoms with Crippen LogP contribution in [0.5, 0.6) is 0 Å². The first kappa shape index (κ1) is 14.3. The lowest BCUT2D eigenvalue weighted by molar-refractivity contribution is -0.162. The molecule has 2 saturated heterocycles. The van der Waals surface area contributed by atoms with Crippen molar-refractivity contribution in [2.45, 2.75) is 63.5 Å². The van der Waals surface area contributed by atoms with Crippen molar-refractivity contribution in [3.8, 4) is 0 Å². The molecule has 0 spiro atoms. The summed E-state index contributed by atoms with van der Waals surface area (Å²) in [5.74, 6) is -0.971. The molecule has 1 amide bonds. The molecular weight excluding hydrogens is 246 g/mol. The number of carbonyl (C=O) groups excluding carboxylic acids is 1. The minimum absolute atomic E-state index is 0.0266. The minimum atomic E-state index is -1.04. The maximum Gasteiger partial charge on any atom is 0.329 e. The van der Waals surface area contributed by atoms with Crippen molar-refractivity contribution < 1.29 is 19.4 Å². The number of carboxylic acids is 1. The average molecular weight is 269 g/mol. The third-order valence-corrected chi connectivity index (χ3v) is 4.33. The first-order chi connectivity index (χ1) is 9.04. The van der Waals surface area contributed by atoms with Crippen LogP contribution in [0.4, 0.5) is 0 Å². The zero-order valence-corrected chi connectivity index (χ0v) is 11.6. The second-order valence-electron chi connectivity index (χ2n) is 5.77. The number of nitrogens with zero attached hydrogens (tertiary/aromatic N) is 1. The Hall–Kier alpha value is -1.10. The third-order valence-electron chi connectivity index (χ3n) is 4.33. The maximum absolute atomic E-state index is 12.4. The lowest BCUT2D eigenvalue weighted by atomic mass is 9.88. The van der Waals surface area contributed by atoms with E-state index in [4.69, 9.17) is 4.74 Å². The van der Waals surface area contributed by atoms with E-state index in [1.54, 1.807) is 11.8 Å². The second kappa shape index (κ2) is 5.90. The highest BCUT2D eigenvalue weighted by Crippen LogP contribution is 2.29. The maximum atomic E-state index is 12.4. The molecule has 2 unspecified atom stereocenters. The molecule has 2 aliphatic heterocycles. The van der Waals surface area contributed by atoms with E-state index in [0.29, 0.717) is 26.0 Å². The molecule has 2 fully saturated rings. The number of hydrogen-bond acceptors (Lipinski definition) is 3. The van der Waals surface area contributed by atoms with Crippen molar-refractivity contribution in [2.75, 3.05) is 13.2 Å². The molecule has 0 radical (unpaired) electrons. The summed E-state index contributed by atoms with van der Waals surface area (Å²) in [5, 5.41) is 9.40. The van der Waals surface area contributed by atoms with Crippen LogP contribution in [0, 0.1) is 0 Å². The summed E-state index contributed by atoms with van der Waals surface area (Å²) in [5.41, 5.74) is -1.04. The van der Waals surface area contributed by atoms with E-state index < -0.39 is 11.5 Å². The van der Waals surface area contributed by atoms with E-state index in [-0.39, 0.29) is 12.0 Å². The van der Waals surface area contributed by atoms with Gasteiger partial charge in [-0.15, -0.1) is 0 Å². The molecule has 19 heavy (non-hydrogen) atoms. The van der Waals surface area contributed by atoms with E-state index in [1.165, 1.54) is 0 Å². The molecule has 108 valence electrons. The highest BCUT2D eigenvalue weighted by atomic mass is 16.5. The van der Waals surface area contributed by atoms with Crippen LogP contribution in [0.3, 0.4) is 0 Å². The number of rotatable bonds is 3. The van der Waals surface area contributed by atoms with E-state index in [0.717, 1.165) is 32.1 Å². The molecule has 5 nitrogen and oxygen atoms in total. The van der Waals surface area contributed by atoms with E-state index in [9.17, 15) is 14.7 Å². The van der Waals surface area contributed by atoms with Gasteiger partial charge in [0.1, 0.15) is 5.54 Å². The van der Waals surface area contributed by atoms with Crippen LogP contribution in [0.1, 0.15) is 51.9 Å². The van der Waals surface area contributed by atoms with Crippen molar-refractivity contribution in [3.63, 3.8) is 0 Å². The van der Waals surface area contributed by atoms with Crippen LogP contribution in [0.25, 0.3) is 0 Å². The van der Waals surface area contributed by atoms with Gasteiger partial charge in [0.05, 0.1) is 12.5 Å². The minimum Gasteiger partial charge on any atom is -0.480 e. The molecule has 0 aliphatic carbocycles. The Morgan fingerprint density at radius 2 is 2.11 bits per heavy atom. The first-order valence-corrected chi connectivity index (χ1v) is 7.19. The monoisotopic (exact) mass is 269 g/mol. The normalized spacial score (nSPS) is 32.1. The number of carbonyl (C=O) groups is 2. The summed E-state index contributed by atoms with van der Waals surface area (Å²) >= 11 is 0. The fourth-order valence-electron chi connectivity index (χ4n) is 3.02. The highest BCUT2D eigenvalue weighted by molar-refractivity contribution is 5.87. The van der Waals surface area contributed by atoms with Gasteiger partial charge in [-0.3, -0.25) is 4.79 Å².